The lowest BCUT2D eigenvalue weighted by atomic mass is 9.65. The molecule has 2 aliphatic rings. The number of hydrogen-bond acceptors (Lipinski definition) is 5. The summed E-state index contributed by atoms with van der Waals surface area (Å²) in [6.07, 6.45) is 6.59. The molecule has 4 rings (SSSR count). The van der Waals surface area contributed by atoms with Gasteiger partial charge in [0, 0.05) is 18.7 Å². The molecule has 6 heteroatoms. The SMILES string of the molecule is NC1(C(=O)c2ccc(C=NN3CCCCC3)cc2)c2ccccc2CCC1CC(=O)O. The second kappa shape index (κ2) is 9.02. The highest BCUT2D eigenvalue weighted by Gasteiger charge is 2.47. The van der Waals surface area contributed by atoms with Gasteiger partial charge in [0.05, 0.1) is 12.6 Å². The second-order valence-electron chi connectivity index (χ2n) is 8.57. The van der Waals surface area contributed by atoms with Crippen molar-refractivity contribution in [2.24, 2.45) is 16.8 Å². The fourth-order valence-corrected chi connectivity index (χ4v) is 4.80. The van der Waals surface area contributed by atoms with Crippen LogP contribution in [0.5, 0.6) is 0 Å². The fraction of sp³-hybridized carbons (Fsp3) is 0.400. The molecule has 162 valence electrons. The van der Waals surface area contributed by atoms with Gasteiger partial charge < -0.3 is 10.8 Å². The standard InChI is InChI=1S/C25H29N3O3/c26-25(21(16-23(29)30)13-12-19-6-2-3-7-22(19)25)24(31)20-10-8-18(9-11-20)17-27-28-14-4-1-5-15-28/h2-3,6-11,17,21H,1,4-5,12-16,26H2,(H,29,30). The number of benzene rings is 2. The van der Waals surface area contributed by atoms with E-state index in [0.717, 1.165) is 36.2 Å². The molecule has 1 saturated heterocycles. The van der Waals surface area contributed by atoms with Crippen molar-refractivity contribution in [1.29, 1.82) is 0 Å². The van der Waals surface area contributed by atoms with Gasteiger partial charge in [0.25, 0.3) is 0 Å². The van der Waals surface area contributed by atoms with Crippen molar-refractivity contribution in [3.05, 3.63) is 70.8 Å². The summed E-state index contributed by atoms with van der Waals surface area (Å²) in [5.74, 6) is -1.62. The quantitative estimate of drug-likeness (QED) is 0.551. The van der Waals surface area contributed by atoms with Gasteiger partial charge in [-0.3, -0.25) is 14.6 Å². The van der Waals surface area contributed by atoms with Crippen molar-refractivity contribution in [1.82, 2.24) is 5.01 Å². The Bertz CT molecular complexity index is 980. The van der Waals surface area contributed by atoms with Crippen LogP contribution >= 0.6 is 0 Å². The van der Waals surface area contributed by atoms with Crippen LogP contribution in [-0.4, -0.2) is 41.2 Å². The van der Waals surface area contributed by atoms with E-state index in [1.54, 1.807) is 12.1 Å². The van der Waals surface area contributed by atoms with Crippen molar-refractivity contribution in [2.45, 2.75) is 44.1 Å². The van der Waals surface area contributed by atoms with E-state index in [2.05, 4.69) is 10.1 Å². The van der Waals surface area contributed by atoms with Crippen LogP contribution in [0.15, 0.2) is 53.6 Å². The van der Waals surface area contributed by atoms with E-state index in [4.69, 9.17) is 5.73 Å². The normalized spacial score (nSPS) is 23.5. The van der Waals surface area contributed by atoms with E-state index >= 15 is 0 Å². The van der Waals surface area contributed by atoms with Gasteiger partial charge in [0.2, 0.25) is 0 Å². The van der Waals surface area contributed by atoms with Crippen LogP contribution in [0.2, 0.25) is 0 Å². The number of piperidine rings is 1. The average molecular weight is 420 g/mol. The Hall–Kier alpha value is -2.99. The fourth-order valence-electron chi connectivity index (χ4n) is 4.80. The maximum absolute atomic E-state index is 13.6. The first-order chi connectivity index (χ1) is 15.0. The van der Waals surface area contributed by atoms with Crippen LogP contribution in [0.3, 0.4) is 0 Å². The maximum Gasteiger partial charge on any atom is 0.303 e. The third-order valence-corrected chi connectivity index (χ3v) is 6.54. The van der Waals surface area contributed by atoms with Gasteiger partial charge in [-0.25, -0.2) is 0 Å². The number of fused-ring (bicyclic) bond motifs is 1. The summed E-state index contributed by atoms with van der Waals surface area (Å²) in [6.45, 7) is 1.96. The zero-order valence-electron chi connectivity index (χ0n) is 17.7. The Kier molecular flexibility index (Phi) is 6.18. The third kappa shape index (κ3) is 4.39. The summed E-state index contributed by atoms with van der Waals surface area (Å²) in [5, 5.41) is 16.0. The number of carboxylic acid groups (broad SMARTS) is 1. The molecule has 0 saturated carbocycles. The highest BCUT2D eigenvalue weighted by atomic mass is 16.4. The van der Waals surface area contributed by atoms with Crippen LogP contribution in [0, 0.1) is 5.92 Å². The number of hydrazone groups is 1. The summed E-state index contributed by atoms with van der Waals surface area (Å²) < 4.78 is 0. The van der Waals surface area contributed by atoms with Crippen LogP contribution in [-0.2, 0) is 16.8 Å². The number of carbonyl (C=O) groups excluding carboxylic acids is 1. The number of hydrogen-bond donors (Lipinski definition) is 2. The average Bonchev–Trinajstić information content (AvgIpc) is 2.80. The molecule has 2 aromatic carbocycles. The topological polar surface area (TPSA) is 96.0 Å². The van der Waals surface area contributed by atoms with Gasteiger partial charge in [0.15, 0.2) is 5.78 Å². The van der Waals surface area contributed by atoms with Gasteiger partial charge in [-0.05, 0) is 54.7 Å². The molecule has 1 heterocycles. The number of carbonyl (C=O) groups is 2. The minimum atomic E-state index is -1.35. The molecule has 0 amide bonds. The van der Waals surface area contributed by atoms with E-state index in [1.165, 1.54) is 19.3 Å². The number of ketones is 1. The highest BCUT2D eigenvalue weighted by molar-refractivity contribution is 6.05. The van der Waals surface area contributed by atoms with E-state index in [0.29, 0.717) is 12.0 Å². The summed E-state index contributed by atoms with van der Waals surface area (Å²) in [7, 11) is 0. The van der Waals surface area contributed by atoms with Crippen molar-refractivity contribution in [3.63, 3.8) is 0 Å². The first-order valence-electron chi connectivity index (χ1n) is 11.0. The zero-order valence-corrected chi connectivity index (χ0v) is 17.7. The Balaban J connectivity index is 1.60. The number of aryl methyl sites for hydroxylation is 1. The molecule has 2 aromatic rings. The Morgan fingerprint density at radius 1 is 1.10 bits per heavy atom. The van der Waals surface area contributed by atoms with E-state index in [9.17, 15) is 14.7 Å². The van der Waals surface area contributed by atoms with Crippen LogP contribution in [0.4, 0.5) is 0 Å². The van der Waals surface area contributed by atoms with Gasteiger partial charge in [-0.2, -0.15) is 5.10 Å². The molecule has 2 unspecified atom stereocenters. The first-order valence-corrected chi connectivity index (χ1v) is 11.0. The Morgan fingerprint density at radius 3 is 2.52 bits per heavy atom. The van der Waals surface area contributed by atoms with Crippen molar-refractivity contribution < 1.29 is 14.7 Å². The molecule has 31 heavy (non-hydrogen) atoms. The van der Waals surface area contributed by atoms with E-state index < -0.39 is 17.4 Å². The van der Waals surface area contributed by atoms with Gasteiger partial charge in [-0.1, -0.05) is 48.5 Å². The molecule has 3 N–H and O–H groups in total. The predicted octanol–water partition coefficient (Wildman–Crippen LogP) is 3.58. The smallest absolute Gasteiger partial charge is 0.303 e. The molecule has 0 spiro atoms. The van der Waals surface area contributed by atoms with Gasteiger partial charge in [0.1, 0.15) is 5.54 Å². The molecule has 1 aliphatic heterocycles. The zero-order chi connectivity index (χ0) is 21.8. The van der Waals surface area contributed by atoms with E-state index in [-0.39, 0.29) is 12.2 Å². The summed E-state index contributed by atoms with van der Waals surface area (Å²) >= 11 is 0. The predicted molar refractivity (Wildman–Crippen MR) is 120 cm³/mol. The minimum Gasteiger partial charge on any atom is -0.481 e. The minimum absolute atomic E-state index is 0.128. The third-order valence-electron chi connectivity index (χ3n) is 6.54. The first kappa shape index (κ1) is 21.2. The van der Waals surface area contributed by atoms with Crippen LogP contribution in [0.25, 0.3) is 0 Å². The monoisotopic (exact) mass is 419 g/mol. The lowest BCUT2D eigenvalue weighted by Crippen LogP contribution is -2.54. The Labute approximate surface area is 182 Å². The largest absolute Gasteiger partial charge is 0.481 e. The van der Waals surface area contributed by atoms with Gasteiger partial charge >= 0.3 is 5.97 Å². The summed E-state index contributed by atoms with van der Waals surface area (Å²) in [5.41, 5.74) is 8.61. The second-order valence-corrected chi connectivity index (χ2v) is 8.57. The van der Waals surface area contributed by atoms with E-state index in [1.807, 2.05) is 42.6 Å². The van der Waals surface area contributed by atoms with Gasteiger partial charge in [-0.15, -0.1) is 0 Å². The molecule has 0 radical (unpaired) electrons. The molecular formula is C25H29N3O3. The highest BCUT2D eigenvalue weighted by Crippen LogP contribution is 2.41. The van der Waals surface area contributed by atoms with Crippen molar-refractivity contribution in [2.75, 3.05) is 13.1 Å². The number of carboxylic acids is 1. The molecule has 6 nitrogen and oxygen atoms in total. The molecule has 2 atom stereocenters. The van der Waals surface area contributed by atoms with Crippen LogP contribution in [0.1, 0.15) is 59.2 Å². The summed E-state index contributed by atoms with van der Waals surface area (Å²) in [4.78, 5) is 25.1. The number of nitrogens with zero attached hydrogens (tertiary/aromatic N) is 2. The maximum atomic E-state index is 13.6. The molecule has 0 aromatic heterocycles. The molecule has 1 aliphatic carbocycles. The number of rotatable bonds is 6. The lowest BCUT2D eigenvalue weighted by Gasteiger charge is -2.41. The lowest BCUT2D eigenvalue weighted by molar-refractivity contribution is -0.138. The van der Waals surface area contributed by atoms with Crippen LogP contribution < -0.4 is 5.73 Å². The number of aliphatic carboxylic acids is 1. The number of Topliss-reactive ketones (excluding diaryl/α,β-unsaturated/α-hetero) is 1. The summed E-state index contributed by atoms with van der Waals surface area (Å²) in [6, 6.07) is 14.9. The molecule has 0 bridgehead atoms. The van der Waals surface area contributed by atoms with Crippen molar-refractivity contribution in [3.8, 4) is 0 Å². The van der Waals surface area contributed by atoms with Crippen molar-refractivity contribution >= 4 is 18.0 Å². The Morgan fingerprint density at radius 2 is 1.81 bits per heavy atom. The molecular weight excluding hydrogens is 390 g/mol. The number of nitrogens with two attached hydrogens (primary N) is 1. The molecule has 1 fully saturated rings.